The quantitative estimate of drug-likeness (QED) is 0.843. The standard InChI is InChI=1S/C14H13Cl2N3O2/c1-2-19-14(20)10-4-12(17)13(5-11(10)16)21-9-3-8(15)6-18-7-9/h3-7H,2,17H2,1H3,(H,19,20). The van der Waals surface area contributed by atoms with Gasteiger partial charge < -0.3 is 15.8 Å². The van der Waals surface area contributed by atoms with E-state index in [1.54, 1.807) is 6.07 Å². The molecule has 0 saturated carbocycles. The molecule has 1 aromatic heterocycles. The van der Waals surface area contributed by atoms with Gasteiger partial charge in [0.25, 0.3) is 5.91 Å². The second kappa shape index (κ2) is 6.65. The fraction of sp³-hybridized carbons (Fsp3) is 0.143. The first-order chi connectivity index (χ1) is 10.0. The molecule has 0 atom stereocenters. The van der Waals surface area contributed by atoms with Gasteiger partial charge >= 0.3 is 0 Å². The van der Waals surface area contributed by atoms with Crippen LogP contribution in [0.15, 0.2) is 30.6 Å². The number of nitrogen functional groups attached to an aromatic ring is 1. The molecule has 2 rings (SSSR count). The van der Waals surface area contributed by atoms with E-state index in [0.29, 0.717) is 34.3 Å². The number of pyridine rings is 1. The molecule has 3 N–H and O–H groups in total. The number of rotatable bonds is 4. The van der Waals surface area contributed by atoms with Gasteiger partial charge in [0.15, 0.2) is 5.75 Å². The molecule has 7 heteroatoms. The highest BCUT2D eigenvalue weighted by molar-refractivity contribution is 6.34. The Kier molecular flexibility index (Phi) is 4.88. The van der Waals surface area contributed by atoms with E-state index in [0.717, 1.165) is 0 Å². The highest BCUT2D eigenvalue weighted by atomic mass is 35.5. The smallest absolute Gasteiger partial charge is 0.252 e. The average Bonchev–Trinajstić information content (AvgIpc) is 2.43. The minimum absolute atomic E-state index is 0.250. The number of nitrogens with two attached hydrogens (primary N) is 1. The van der Waals surface area contributed by atoms with E-state index in [1.165, 1.54) is 24.5 Å². The van der Waals surface area contributed by atoms with Gasteiger partial charge in [-0.05, 0) is 13.0 Å². The fourth-order valence-corrected chi connectivity index (χ4v) is 2.07. The number of hydrogen-bond donors (Lipinski definition) is 2. The molecular formula is C14H13Cl2N3O2. The van der Waals surface area contributed by atoms with Crippen molar-refractivity contribution >= 4 is 34.8 Å². The number of carbonyl (C=O) groups excluding carboxylic acids is 1. The molecule has 0 bridgehead atoms. The summed E-state index contributed by atoms with van der Waals surface area (Å²) in [5.74, 6) is 0.471. The lowest BCUT2D eigenvalue weighted by atomic mass is 10.1. The van der Waals surface area contributed by atoms with Gasteiger partial charge in [0.05, 0.1) is 27.5 Å². The maximum atomic E-state index is 11.8. The summed E-state index contributed by atoms with van der Waals surface area (Å²) >= 11 is 11.9. The number of benzene rings is 1. The Bertz CT molecular complexity index is 677. The number of nitrogens with one attached hydrogen (secondary N) is 1. The van der Waals surface area contributed by atoms with Crippen molar-refractivity contribution in [3.63, 3.8) is 0 Å². The van der Waals surface area contributed by atoms with E-state index in [9.17, 15) is 4.79 Å². The van der Waals surface area contributed by atoms with Crippen LogP contribution in [0.5, 0.6) is 11.5 Å². The number of ether oxygens (including phenoxy) is 1. The molecule has 0 aliphatic carbocycles. The van der Waals surface area contributed by atoms with Crippen molar-refractivity contribution in [2.24, 2.45) is 0 Å². The van der Waals surface area contributed by atoms with Crippen molar-refractivity contribution in [1.29, 1.82) is 0 Å². The SMILES string of the molecule is CCNC(=O)c1cc(N)c(Oc2cncc(Cl)c2)cc1Cl. The third-order valence-corrected chi connectivity index (χ3v) is 3.11. The molecule has 2 aromatic rings. The van der Waals surface area contributed by atoms with Crippen LogP contribution in [0.2, 0.25) is 10.0 Å². The van der Waals surface area contributed by atoms with E-state index >= 15 is 0 Å². The van der Waals surface area contributed by atoms with Gasteiger partial charge in [-0.15, -0.1) is 0 Å². The maximum absolute atomic E-state index is 11.8. The predicted octanol–water partition coefficient (Wildman–Crippen LogP) is 3.51. The van der Waals surface area contributed by atoms with Crippen molar-refractivity contribution < 1.29 is 9.53 Å². The summed E-state index contributed by atoms with van der Waals surface area (Å²) in [6, 6.07) is 4.56. The molecule has 1 aromatic carbocycles. The Hall–Kier alpha value is -1.98. The number of nitrogens with zero attached hydrogens (tertiary/aromatic N) is 1. The van der Waals surface area contributed by atoms with Crippen molar-refractivity contribution in [2.75, 3.05) is 12.3 Å². The summed E-state index contributed by atoms with van der Waals surface area (Å²) in [5.41, 5.74) is 6.48. The minimum atomic E-state index is -0.287. The molecule has 110 valence electrons. The number of amides is 1. The molecule has 0 fully saturated rings. The monoisotopic (exact) mass is 325 g/mol. The number of halogens is 2. The van der Waals surface area contributed by atoms with Gasteiger partial charge in [-0.25, -0.2) is 0 Å². The van der Waals surface area contributed by atoms with E-state index < -0.39 is 0 Å². The molecule has 5 nitrogen and oxygen atoms in total. The van der Waals surface area contributed by atoms with Crippen LogP contribution >= 0.6 is 23.2 Å². The first-order valence-corrected chi connectivity index (χ1v) is 6.92. The molecule has 0 aliphatic heterocycles. The predicted molar refractivity (Wildman–Crippen MR) is 83.2 cm³/mol. The molecular weight excluding hydrogens is 313 g/mol. The van der Waals surface area contributed by atoms with Gasteiger partial charge in [-0.2, -0.15) is 0 Å². The van der Waals surface area contributed by atoms with E-state index in [-0.39, 0.29) is 10.9 Å². The lowest BCUT2D eigenvalue weighted by Crippen LogP contribution is -2.23. The first-order valence-electron chi connectivity index (χ1n) is 6.17. The maximum Gasteiger partial charge on any atom is 0.252 e. The van der Waals surface area contributed by atoms with Crippen LogP contribution in [-0.4, -0.2) is 17.4 Å². The fourth-order valence-electron chi connectivity index (χ4n) is 1.67. The van der Waals surface area contributed by atoms with Crippen LogP contribution in [-0.2, 0) is 0 Å². The van der Waals surface area contributed by atoms with E-state index in [2.05, 4.69) is 10.3 Å². The Morgan fingerprint density at radius 2 is 2.10 bits per heavy atom. The zero-order chi connectivity index (χ0) is 15.4. The molecule has 0 spiro atoms. The minimum Gasteiger partial charge on any atom is -0.453 e. The van der Waals surface area contributed by atoms with Crippen LogP contribution in [0.3, 0.4) is 0 Å². The zero-order valence-electron chi connectivity index (χ0n) is 11.2. The van der Waals surface area contributed by atoms with Crippen LogP contribution in [0, 0.1) is 0 Å². The lowest BCUT2D eigenvalue weighted by Gasteiger charge is -2.11. The third kappa shape index (κ3) is 3.77. The molecule has 1 heterocycles. The van der Waals surface area contributed by atoms with Gasteiger partial charge in [0.2, 0.25) is 0 Å². The van der Waals surface area contributed by atoms with Gasteiger partial charge in [-0.3, -0.25) is 9.78 Å². The van der Waals surface area contributed by atoms with Crippen molar-refractivity contribution in [1.82, 2.24) is 10.3 Å². The second-order valence-corrected chi connectivity index (χ2v) is 5.01. The number of carbonyl (C=O) groups is 1. The number of anilines is 1. The van der Waals surface area contributed by atoms with Crippen LogP contribution in [0.25, 0.3) is 0 Å². The van der Waals surface area contributed by atoms with Crippen molar-refractivity contribution in [2.45, 2.75) is 6.92 Å². The normalized spacial score (nSPS) is 10.2. The molecule has 0 saturated heterocycles. The summed E-state index contributed by atoms with van der Waals surface area (Å²) in [7, 11) is 0. The van der Waals surface area contributed by atoms with Crippen LogP contribution in [0.4, 0.5) is 5.69 Å². The molecule has 0 aliphatic rings. The first kappa shape index (κ1) is 15.4. The summed E-state index contributed by atoms with van der Waals surface area (Å²) in [6.45, 7) is 2.32. The molecule has 21 heavy (non-hydrogen) atoms. The number of hydrogen-bond acceptors (Lipinski definition) is 4. The van der Waals surface area contributed by atoms with E-state index in [1.807, 2.05) is 6.92 Å². The van der Waals surface area contributed by atoms with Gasteiger partial charge in [0, 0.05) is 24.9 Å². The largest absolute Gasteiger partial charge is 0.453 e. The lowest BCUT2D eigenvalue weighted by molar-refractivity contribution is 0.0956. The topological polar surface area (TPSA) is 77.2 Å². The van der Waals surface area contributed by atoms with Crippen LogP contribution < -0.4 is 15.8 Å². The average molecular weight is 326 g/mol. The molecule has 1 amide bonds. The Morgan fingerprint density at radius 3 is 2.76 bits per heavy atom. The summed E-state index contributed by atoms with van der Waals surface area (Å²) in [6.07, 6.45) is 2.99. The highest BCUT2D eigenvalue weighted by Crippen LogP contribution is 2.33. The molecule has 0 unspecified atom stereocenters. The third-order valence-electron chi connectivity index (χ3n) is 2.59. The van der Waals surface area contributed by atoms with Crippen molar-refractivity contribution in [3.05, 3.63) is 46.2 Å². The van der Waals surface area contributed by atoms with Crippen LogP contribution in [0.1, 0.15) is 17.3 Å². The van der Waals surface area contributed by atoms with Crippen molar-refractivity contribution in [3.8, 4) is 11.5 Å². The van der Waals surface area contributed by atoms with Gasteiger partial charge in [-0.1, -0.05) is 23.2 Å². The highest BCUT2D eigenvalue weighted by Gasteiger charge is 2.14. The summed E-state index contributed by atoms with van der Waals surface area (Å²) in [5, 5.41) is 3.35. The summed E-state index contributed by atoms with van der Waals surface area (Å²) in [4.78, 5) is 15.7. The second-order valence-electron chi connectivity index (χ2n) is 4.17. The Morgan fingerprint density at radius 1 is 1.33 bits per heavy atom. The van der Waals surface area contributed by atoms with E-state index in [4.69, 9.17) is 33.7 Å². The number of aromatic nitrogens is 1. The Labute approximate surface area is 132 Å². The summed E-state index contributed by atoms with van der Waals surface area (Å²) < 4.78 is 5.58. The van der Waals surface area contributed by atoms with Gasteiger partial charge in [0.1, 0.15) is 5.75 Å². The Balaban J connectivity index is 2.30. The molecule has 0 radical (unpaired) electrons. The zero-order valence-corrected chi connectivity index (χ0v) is 12.7.